The SMILES string of the molecule is CCCC12CCC([C@H]3CC[C@H](c4ccc(CC)cc4)CC3)(CC1)CC2. The lowest BCUT2D eigenvalue weighted by Gasteiger charge is -2.58. The molecule has 0 saturated heterocycles. The Morgan fingerprint density at radius 1 is 0.800 bits per heavy atom. The number of hydrogen-bond donors (Lipinski definition) is 0. The van der Waals surface area contributed by atoms with Gasteiger partial charge in [-0.1, -0.05) is 44.5 Å². The first kappa shape index (κ1) is 17.6. The van der Waals surface area contributed by atoms with Crippen molar-refractivity contribution in [2.45, 2.75) is 103 Å². The molecule has 25 heavy (non-hydrogen) atoms. The summed E-state index contributed by atoms with van der Waals surface area (Å²) in [6.07, 6.45) is 19.3. The van der Waals surface area contributed by atoms with Gasteiger partial charge in [-0.25, -0.2) is 0 Å². The van der Waals surface area contributed by atoms with Gasteiger partial charge in [0, 0.05) is 0 Å². The summed E-state index contributed by atoms with van der Waals surface area (Å²) in [4.78, 5) is 0. The Labute approximate surface area is 155 Å². The van der Waals surface area contributed by atoms with Gasteiger partial charge < -0.3 is 0 Å². The van der Waals surface area contributed by atoms with Crippen molar-refractivity contribution in [3.63, 3.8) is 0 Å². The maximum atomic E-state index is 2.42. The first-order valence-electron chi connectivity index (χ1n) is 11.3. The van der Waals surface area contributed by atoms with E-state index in [1.54, 1.807) is 44.1 Å². The van der Waals surface area contributed by atoms with E-state index in [1.165, 1.54) is 44.1 Å². The third kappa shape index (κ3) is 3.31. The van der Waals surface area contributed by atoms with Crippen molar-refractivity contribution in [1.82, 2.24) is 0 Å². The molecule has 0 N–H and O–H groups in total. The predicted octanol–water partition coefficient (Wildman–Crippen LogP) is 7.66. The molecule has 4 saturated carbocycles. The summed E-state index contributed by atoms with van der Waals surface area (Å²) in [6.45, 7) is 4.64. The van der Waals surface area contributed by atoms with E-state index >= 15 is 0 Å². The molecule has 1 aromatic rings. The van der Waals surface area contributed by atoms with Crippen molar-refractivity contribution in [2.75, 3.05) is 0 Å². The lowest BCUT2D eigenvalue weighted by atomic mass is 9.47. The number of aryl methyl sites for hydroxylation is 1. The Morgan fingerprint density at radius 3 is 1.92 bits per heavy atom. The Morgan fingerprint density at radius 2 is 1.40 bits per heavy atom. The molecule has 0 aromatic heterocycles. The minimum Gasteiger partial charge on any atom is -0.0654 e. The van der Waals surface area contributed by atoms with E-state index in [9.17, 15) is 0 Å². The third-order valence-electron chi connectivity index (χ3n) is 8.69. The quantitative estimate of drug-likeness (QED) is 0.517. The van der Waals surface area contributed by atoms with E-state index in [1.807, 2.05) is 0 Å². The van der Waals surface area contributed by atoms with Crippen molar-refractivity contribution < 1.29 is 0 Å². The van der Waals surface area contributed by atoms with Crippen LogP contribution in [0.15, 0.2) is 24.3 Å². The van der Waals surface area contributed by atoms with Gasteiger partial charge in [0.1, 0.15) is 0 Å². The number of fused-ring (bicyclic) bond motifs is 3. The average Bonchev–Trinajstić information content (AvgIpc) is 2.70. The van der Waals surface area contributed by atoms with Crippen LogP contribution in [0.4, 0.5) is 0 Å². The number of hydrogen-bond acceptors (Lipinski definition) is 0. The molecule has 4 aliphatic carbocycles. The van der Waals surface area contributed by atoms with Crippen LogP contribution < -0.4 is 0 Å². The molecule has 0 radical (unpaired) electrons. The Balaban J connectivity index is 1.36. The summed E-state index contributed by atoms with van der Waals surface area (Å²) in [5.41, 5.74) is 4.63. The Bertz CT molecular complexity index is 534. The molecule has 138 valence electrons. The fourth-order valence-corrected chi connectivity index (χ4v) is 6.87. The second kappa shape index (κ2) is 7.09. The van der Waals surface area contributed by atoms with E-state index in [4.69, 9.17) is 0 Å². The van der Waals surface area contributed by atoms with Crippen LogP contribution in [0, 0.1) is 16.7 Å². The van der Waals surface area contributed by atoms with Crippen LogP contribution >= 0.6 is 0 Å². The van der Waals surface area contributed by atoms with Crippen molar-refractivity contribution in [1.29, 1.82) is 0 Å². The highest BCUT2D eigenvalue weighted by atomic mass is 14.6. The van der Waals surface area contributed by atoms with Crippen molar-refractivity contribution in [3.8, 4) is 0 Å². The smallest absolute Gasteiger partial charge is 0.0162 e. The third-order valence-corrected chi connectivity index (χ3v) is 8.69. The first-order valence-corrected chi connectivity index (χ1v) is 11.3. The predicted molar refractivity (Wildman–Crippen MR) is 108 cm³/mol. The highest BCUT2D eigenvalue weighted by Gasteiger charge is 2.51. The van der Waals surface area contributed by atoms with Gasteiger partial charge in [0.15, 0.2) is 0 Å². The van der Waals surface area contributed by atoms with Gasteiger partial charge in [-0.3, -0.25) is 0 Å². The summed E-state index contributed by atoms with van der Waals surface area (Å²) in [5, 5.41) is 0. The Kier molecular flexibility index (Phi) is 5.00. The summed E-state index contributed by atoms with van der Waals surface area (Å²) < 4.78 is 0. The molecule has 0 unspecified atom stereocenters. The maximum absolute atomic E-state index is 2.42. The standard InChI is InChI=1S/C25H38/c1-3-13-24-14-17-25(18-15-24,19-16-24)23-11-9-22(10-12-23)21-7-5-20(4-2)6-8-21/h5-8,22-23H,3-4,9-19H2,1-2H3/t22-,23-,24?,25?. The average molecular weight is 339 g/mol. The summed E-state index contributed by atoms with van der Waals surface area (Å²) >= 11 is 0. The van der Waals surface area contributed by atoms with Crippen LogP contribution in [0.25, 0.3) is 0 Å². The molecule has 0 aliphatic heterocycles. The number of rotatable bonds is 5. The molecule has 0 nitrogen and oxygen atoms in total. The Hall–Kier alpha value is -0.780. The molecular weight excluding hydrogens is 300 g/mol. The minimum atomic E-state index is 0.756. The molecule has 2 bridgehead atoms. The van der Waals surface area contributed by atoms with Crippen molar-refractivity contribution in [3.05, 3.63) is 35.4 Å². The highest BCUT2D eigenvalue weighted by Crippen LogP contribution is 2.63. The molecule has 0 amide bonds. The zero-order valence-electron chi connectivity index (χ0n) is 16.7. The highest BCUT2D eigenvalue weighted by molar-refractivity contribution is 5.26. The van der Waals surface area contributed by atoms with E-state index in [-0.39, 0.29) is 0 Å². The summed E-state index contributed by atoms with van der Waals surface area (Å²) in [7, 11) is 0. The molecule has 0 heterocycles. The molecular formula is C25H38. The van der Waals surface area contributed by atoms with E-state index in [0.717, 1.165) is 29.1 Å². The second-order valence-corrected chi connectivity index (χ2v) is 9.76. The minimum absolute atomic E-state index is 0.756. The van der Waals surface area contributed by atoms with Gasteiger partial charge in [0.2, 0.25) is 0 Å². The normalized spacial score (nSPS) is 38.0. The molecule has 0 atom stereocenters. The van der Waals surface area contributed by atoms with Crippen LogP contribution in [-0.4, -0.2) is 0 Å². The fraction of sp³-hybridized carbons (Fsp3) is 0.760. The molecule has 0 heteroatoms. The van der Waals surface area contributed by atoms with Crippen LogP contribution in [0.2, 0.25) is 0 Å². The number of benzene rings is 1. The van der Waals surface area contributed by atoms with Crippen LogP contribution in [0.5, 0.6) is 0 Å². The molecule has 1 aromatic carbocycles. The van der Waals surface area contributed by atoms with Crippen LogP contribution in [0.3, 0.4) is 0 Å². The van der Waals surface area contributed by atoms with Gasteiger partial charge in [-0.15, -0.1) is 0 Å². The van der Waals surface area contributed by atoms with Crippen LogP contribution in [0.1, 0.15) is 108 Å². The van der Waals surface area contributed by atoms with Gasteiger partial charge in [0.05, 0.1) is 0 Å². The zero-order valence-corrected chi connectivity index (χ0v) is 16.7. The van der Waals surface area contributed by atoms with E-state index in [2.05, 4.69) is 38.1 Å². The second-order valence-electron chi connectivity index (χ2n) is 9.76. The lowest BCUT2D eigenvalue weighted by Crippen LogP contribution is -2.46. The maximum Gasteiger partial charge on any atom is -0.0162 e. The van der Waals surface area contributed by atoms with Gasteiger partial charge >= 0.3 is 0 Å². The van der Waals surface area contributed by atoms with Crippen molar-refractivity contribution >= 4 is 0 Å². The van der Waals surface area contributed by atoms with Gasteiger partial charge in [-0.2, -0.15) is 0 Å². The van der Waals surface area contributed by atoms with Crippen molar-refractivity contribution in [2.24, 2.45) is 16.7 Å². The van der Waals surface area contributed by atoms with Gasteiger partial charge in [-0.05, 0) is 111 Å². The summed E-state index contributed by atoms with van der Waals surface area (Å²) in [6, 6.07) is 9.55. The van der Waals surface area contributed by atoms with Gasteiger partial charge in [0.25, 0.3) is 0 Å². The molecule has 4 aliphatic rings. The molecule has 5 rings (SSSR count). The zero-order chi connectivity index (χ0) is 17.3. The van der Waals surface area contributed by atoms with E-state index < -0.39 is 0 Å². The first-order chi connectivity index (χ1) is 12.2. The monoisotopic (exact) mass is 338 g/mol. The molecule has 0 spiro atoms. The van der Waals surface area contributed by atoms with E-state index in [0.29, 0.717) is 0 Å². The molecule has 4 fully saturated rings. The van der Waals surface area contributed by atoms with Crippen LogP contribution in [-0.2, 0) is 6.42 Å². The topological polar surface area (TPSA) is 0 Å². The fourth-order valence-electron chi connectivity index (χ4n) is 6.87. The lowest BCUT2D eigenvalue weighted by molar-refractivity contribution is -0.0624. The summed E-state index contributed by atoms with van der Waals surface area (Å²) in [5.74, 6) is 1.88. The largest absolute Gasteiger partial charge is 0.0654 e.